The van der Waals surface area contributed by atoms with Crippen LogP contribution < -0.4 is 0 Å². The number of amides is 1. The van der Waals surface area contributed by atoms with Gasteiger partial charge in [-0.15, -0.1) is 0 Å². The molecule has 0 heterocycles. The third-order valence-electron chi connectivity index (χ3n) is 5.77. The predicted octanol–water partition coefficient (Wildman–Crippen LogP) is 4.66. The number of benzene rings is 2. The summed E-state index contributed by atoms with van der Waals surface area (Å²) in [6, 6.07) is 11.9. The Morgan fingerprint density at radius 3 is 2.52 bits per heavy atom. The molecule has 0 aromatic heterocycles. The molecular weight excluding hydrogens is 368 g/mol. The lowest BCUT2D eigenvalue weighted by Gasteiger charge is -2.25. The van der Waals surface area contributed by atoms with Crippen molar-refractivity contribution in [1.29, 1.82) is 0 Å². The van der Waals surface area contributed by atoms with Crippen molar-refractivity contribution in [2.24, 2.45) is 0 Å². The van der Waals surface area contributed by atoms with Crippen molar-refractivity contribution < 1.29 is 14.5 Å². The zero-order valence-electron chi connectivity index (χ0n) is 16.9. The van der Waals surface area contributed by atoms with Gasteiger partial charge in [-0.1, -0.05) is 24.3 Å². The third-order valence-corrected chi connectivity index (χ3v) is 5.77. The Morgan fingerprint density at radius 2 is 1.79 bits per heavy atom. The van der Waals surface area contributed by atoms with Gasteiger partial charge in [-0.05, 0) is 55.4 Å². The van der Waals surface area contributed by atoms with Crippen LogP contribution in [0.3, 0.4) is 0 Å². The van der Waals surface area contributed by atoms with Crippen molar-refractivity contribution >= 4 is 17.4 Å². The molecule has 0 radical (unpaired) electrons. The van der Waals surface area contributed by atoms with Gasteiger partial charge in [0.1, 0.15) is 0 Å². The average molecular weight is 394 g/mol. The highest BCUT2D eigenvalue weighted by Crippen LogP contribution is 2.25. The molecule has 29 heavy (non-hydrogen) atoms. The average Bonchev–Trinajstić information content (AvgIpc) is 2.75. The molecule has 3 rings (SSSR count). The minimum absolute atomic E-state index is 0.00205. The summed E-state index contributed by atoms with van der Waals surface area (Å²) >= 11 is 0. The first kappa shape index (κ1) is 20.7. The second kappa shape index (κ2) is 8.99. The largest absolute Gasteiger partial charge is 0.339 e. The molecule has 0 aliphatic heterocycles. The molecular formula is C23H26N2O4. The number of non-ortho nitro benzene ring substituents is 1. The number of rotatable bonds is 7. The SMILES string of the molecule is C[C@H](c1cccc([N+](=O)[O-])c1)N(C)C(=O)CCC(=O)c1ccc2c(c1)CCCC2. The summed E-state index contributed by atoms with van der Waals surface area (Å²) in [5.74, 6) is -0.182. The first-order chi connectivity index (χ1) is 13.9. The summed E-state index contributed by atoms with van der Waals surface area (Å²) in [4.78, 5) is 37.2. The van der Waals surface area contributed by atoms with Gasteiger partial charge >= 0.3 is 0 Å². The zero-order chi connectivity index (χ0) is 21.0. The fraction of sp³-hybridized carbons (Fsp3) is 0.391. The van der Waals surface area contributed by atoms with Crippen molar-refractivity contribution in [2.45, 2.75) is 51.5 Å². The summed E-state index contributed by atoms with van der Waals surface area (Å²) in [6.45, 7) is 1.82. The molecule has 0 bridgehead atoms. The monoisotopic (exact) mass is 394 g/mol. The Balaban J connectivity index is 1.60. The first-order valence-corrected chi connectivity index (χ1v) is 10.0. The summed E-state index contributed by atoms with van der Waals surface area (Å²) in [6.07, 6.45) is 4.71. The van der Waals surface area contributed by atoms with Gasteiger partial charge in [-0.3, -0.25) is 19.7 Å². The number of nitrogens with zero attached hydrogens (tertiary/aromatic N) is 2. The summed E-state index contributed by atoms with van der Waals surface area (Å²) < 4.78 is 0. The van der Waals surface area contributed by atoms with Crippen LogP contribution in [-0.2, 0) is 17.6 Å². The molecule has 0 saturated carbocycles. The molecule has 2 aromatic carbocycles. The Hall–Kier alpha value is -3.02. The van der Waals surface area contributed by atoms with Gasteiger partial charge in [0, 0.05) is 37.6 Å². The lowest BCUT2D eigenvalue weighted by atomic mass is 9.89. The number of ketones is 1. The van der Waals surface area contributed by atoms with E-state index in [2.05, 4.69) is 0 Å². The van der Waals surface area contributed by atoms with Crippen molar-refractivity contribution in [3.8, 4) is 0 Å². The van der Waals surface area contributed by atoms with Crippen LogP contribution in [-0.4, -0.2) is 28.6 Å². The maximum absolute atomic E-state index is 12.6. The summed E-state index contributed by atoms with van der Waals surface area (Å²) in [5.41, 5.74) is 3.95. The molecule has 0 saturated heterocycles. The quantitative estimate of drug-likeness (QED) is 0.389. The van der Waals surface area contributed by atoms with Crippen molar-refractivity contribution in [1.82, 2.24) is 4.90 Å². The van der Waals surface area contributed by atoms with Crippen LogP contribution in [0.15, 0.2) is 42.5 Å². The van der Waals surface area contributed by atoms with E-state index in [1.54, 1.807) is 24.1 Å². The Morgan fingerprint density at radius 1 is 1.07 bits per heavy atom. The van der Waals surface area contributed by atoms with E-state index in [1.165, 1.54) is 29.7 Å². The van der Waals surface area contributed by atoms with Crippen molar-refractivity contribution in [3.63, 3.8) is 0 Å². The molecule has 0 N–H and O–H groups in total. The van der Waals surface area contributed by atoms with Crippen LogP contribution >= 0.6 is 0 Å². The van der Waals surface area contributed by atoms with E-state index in [4.69, 9.17) is 0 Å². The van der Waals surface area contributed by atoms with E-state index >= 15 is 0 Å². The van der Waals surface area contributed by atoms with Gasteiger partial charge in [0.2, 0.25) is 5.91 Å². The van der Waals surface area contributed by atoms with Gasteiger partial charge < -0.3 is 4.90 Å². The smallest absolute Gasteiger partial charge is 0.269 e. The van der Waals surface area contributed by atoms with Crippen LogP contribution in [0, 0.1) is 10.1 Å². The Kier molecular flexibility index (Phi) is 6.42. The number of carbonyl (C=O) groups is 2. The van der Waals surface area contributed by atoms with E-state index in [0.717, 1.165) is 19.3 Å². The molecule has 152 valence electrons. The van der Waals surface area contributed by atoms with Crippen LogP contribution in [0.25, 0.3) is 0 Å². The van der Waals surface area contributed by atoms with Gasteiger partial charge in [-0.25, -0.2) is 0 Å². The Labute approximate surface area is 170 Å². The lowest BCUT2D eigenvalue weighted by Crippen LogP contribution is -2.30. The van der Waals surface area contributed by atoms with E-state index in [9.17, 15) is 19.7 Å². The van der Waals surface area contributed by atoms with E-state index in [1.807, 2.05) is 25.1 Å². The molecule has 6 heteroatoms. The predicted molar refractivity (Wildman–Crippen MR) is 111 cm³/mol. The number of hydrogen-bond acceptors (Lipinski definition) is 4. The fourth-order valence-corrected chi connectivity index (χ4v) is 3.79. The maximum atomic E-state index is 12.6. The molecule has 0 spiro atoms. The highest BCUT2D eigenvalue weighted by atomic mass is 16.6. The number of fused-ring (bicyclic) bond motifs is 1. The van der Waals surface area contributed by atoms with E-state index in [-0.39, 0.29) is 36.3 Å². The standard InChI is InChI=1S/C23H26N2O4/c1-16(18-8-5-9-21(15-18)25(28)29)24(2)23(27)13-12-22(26)20-11-10-17-6-3-4-7-19(17)14-20/h5,8-11,14-16H,3-4,6-7,12-13H2,1-2H3/t16-/m1/s1. The van der Waals surface area contributed by atoms with Crippen LogP contribution in [0.4, 0.5) is 5.69 Å². The van der Waals surface area contributed by atoms with E-state index in [0.29, 0.717) is 11.1 Å². The number of hydrogen-bond donors (Lipinski definition) is 0. The van der Waals surface area contributed by atoms with Crippen LogP contribution in [0.2, 0.25) is 0 Å². The summed E-state index contributed by atoms with van der Waals surface area (Å²) in [7, 11) is 1.66. The number of nitro benzene ring substituents is 1. The van der Waals surface area contributed by atoms with Crippen LogP contribution in [0.1, 0.15) is 65.7 Å². The second-order valence-electron chi connectivity index (χ2n) is 7.65. The normalized spacial score (nSPS) is 14.0. The minimum Gasteiger partial charge on any atom is -0.339 e. The number of Topliss-reactive ketones (excluding diaryl/α,β-unsaturated/α-hetero) is 1. The van der Waals surface area contributed by atoms with Crippen LogP contribution in [0.5, 0.6) is 0 Å². The Bertz CT molecular complexity index is 938. The van der Waals surface area contributed by atoms with Gasteiger partial charge in [0.05, 0.1) is 11.0 Å². The van der Waals surface area contributed by atoms with Gasteiger partial charge in [0.15, 0.2) is 5.78 Å². The molecule has 6 nitrogen and oxygen atoms in total. The molecule has 0 fully saturated rings. The number of nitro groups is 1. The lowest BCUT2D eigenvalue weighted by molar-refractivity contribution is -0.384. The van der Waals surface area contributed by atoms with Crippen molar-refractivity contribution in [2.75, 3.05) is 7.05 Å². The van der Waals surface area contributed by atoms with Gasteiger partial charge in [-0.2, -0.15) is 0 Å². The van der Waals surface area contributed by atoms with Crippen molar-refractivity contribution in [3.05, 3.63) is 74.8 Å². The summed E-state index contributed by atoms with van der Waals surface area (Å²) in [5, 5.41) is 11.0. The minimum atomic E-state index is -0.449. The highest BCUT2D eigenvalue weighted by Gasteiger charge is 2.21. The number of carbonyl (C=O) groups excluding carboxylic acids is 2. The maximum Gasteiger partial charge on any atom is 0.269 e. The second-order valence-corrected chi connectivity index (χ2v) is 7.65. The van der Waals surface area contributed by atoms with E-state index < -0.39 is 4.92 Å². The molecule has 1 aliphatic carbocycles. The molecule has 0 unspecified atom stereocenters. The topological polar surface area (TPSA) is 80.5 Å². The third kappa shape index (κ3) is 4.88. The fourth-order valence-electron chi connectivity index (χ4n) is 3.79. The number of aryl methyl sites for hydroxylation is 2. The highest BCUT2D eigenvalue weighted by molar-refractivity contribution is 5.98. The first-order valence-electron chi connectivity index (χ1n) is 10.0. The molecule has 2 aromatic rings. The zero-order valence-corrected chi connectivity index (χ0v) is 16.9. The van der Waals surface area contributed by atoms with Gasteiger partial charge in [0.25, 0.3) is 5.69 Å². The molecule has 1 atom stereocenters. The molecule has 1 aliphatic rings. The molecule has 1 amide bonds.